The lowest BCUT2D eigenvalue weighted by molar-refractivity contribution is -0.140. The van der Waals surface area contributed by atoms with Crippen molar-refractivity contribution in [1.82, 2.24) is 10.2 Å². The summed E-state index contributed by atoms with van der Waals surface area (Å²) in [5.74, 6) is -0.971. The third-order valence-corrected chi connectivity index (χ3v) is 10.2. The highest BCUT2D eigenvalue weighted by Crippen LogP contribution is 2.29. The van der Waals surface area contributed by atoms with Crippen LogP contribution in [-0.2, 0) is 32.6 Å². The van der Waals surface area contributed by atoms with E-state index in [0.29, 0.717) is 22.2 Å². The first kappa shape index (κ1) is 34.3. The van der Waals surface area contributed by atoms with Gasteiger partial charge in [-0.2, -0.15) is 0 Å². The quantitative estimate of drug-likeness (QED) is 0.170. The van der Waals surface area contributed by atoms with Gasteiger partial charge < -0.3 is 10.2 Å². The zero-order valence-electron chi connectivity index (χ0n) is 25.1. The van der Waals surface area contributed by atoms with Crippen LogP contribution in [0.5, 0.6) is 0 Å². The zero-order chi connectivity index (χ0) is 32.7. The summed E-state index contributed by atoms with van der Waals surface area (Å²) in [7, 11) is -4.24. The molecule has 1 atom stereocenters. The molecule has 7 nitrogen and oxygen atoms in total. The Labute approximate surface area is 279 Å². The molecule has 0 aliphatic heterocycles. The van der Waals surface area contributed by atoms with Crippen molar-refractivity contribution >= 4 is 62.3 Å². The summed E-state index contributed by atoms with van der Waals surface area (Å²) in [6.07, 6.45) is 0.195. The Hall–Kier alpha value is -3.56. The molecular weight excluding hydrogens is 653 g/mol. The largest absolute Gasteiger partial charge is 0.355 e. The Morgan fingerprint density at radius 2 is 1.49 bits per heavy atom. The highest BCUT2D eigenvalue weighted by Gasteiger charge is 2.34. The standard InChI is InChI=1S/C34H34Cl3N3O4S/c1-4-38-34(42)32(19-25-8-6-5-7-9-25)39(21-26-13-17-29(35)31(37)18-26)33(41)22-40(27-14-12-24(3)30(36)20-27)45(43,44)28-15-10-23(2)11-16-28/h5-18,20,32H,4,19,21-22H2,1-3H3,(H,38,42)/t32-/m0/s1. The number of halogens is 3. The summed E-state index contributed by atoms with van der Waals surface area (Å²) in [6.45, 7) is 5.16. The maximum Gasteiger partial charge on any atom is 0.264 e. The SMILES string of the molecule is CCNC(=O)[C@H](Cc1ccccc1)N(Cc1ccc(Cl)c(Cl)c1)C(=O)CN(c1ccc(C)c(Cl)c1)S(=O)(=O)c1ccc(C)cc1. The van der Waals surface area contributed by atoms with E-state index in [2.05, 4.69) is 5.32 Å². The van der Waals surface area contributed by atoms with Gasteiger partial charge in [-0.25, -0.2) is 8.42 Å². The number of likely N-dealkylation sites (N-methyl/N-ethyl adjacent to an activating group) is 1. The second-order valence-corrected chi connectivity index (χ2v) is 13.7. The minimum atomic E-state index is -4.24. The van der Waals surface area contributed by atoms with Crippen LogP contribution in [0.15, 0.2) is 95.9 Å². The number of nitrogens with one attached hydrogen (secondary N) is 1. The van der Waals surface area contributed by atoms with Gasteiger partial charge in [-0.3, -0.25) is 13.9 Å². The molecule has 0 aliphatic carbocycles. The first-order valence-electron chi connectivity index (χ1n) is 14.3. The lowest BCUT2D eigenvalue weighted by atomic mass is 10.0. The molecule has 1 N–H and O–H groups in total. The number of hydrogen-bond acceptors (Lipinski definition) is 4. The van der Waals surface area contributed by atoms with E-state index in [9.17, 15) is 18.0 Å². The molecule has 0 saturated heterocycles. The Balaban J connectivity index is 1.82. The summed E-state index contributed by atoms with van der Waals surface area (Å²) in [6, 6.07) is 24.5. The zero-order valence-corrected chi connectivity index (χ0v) is 28.2. The Morgan fingerprint density at radius 3 is 2.11 bits per heavy atom. The van der Waals surface area contributed by atoms with Crippen LogP contribution in [0, 0.1) is 13.8 Å². The van der Waals surface area contributed by atoms with Gasteiger partial charge in [0, 0.05) is 24.5 Å². The predicted octanol–water partition coefficient (Wildman–Crippen LogP) is 7.24. The number of nitrogens with zero attached hydrogens (tertiary/aromatic N) is 2. The smallest absolute Gasteiger partial charge is 0.264 e. The molecule has 0 aliphatic rings. The fourth-order valence-electron chi connectivity index (χ4n) is 4.78. The number of sulfonamides is 1. The highest BCUT2D eigenvalue weighted by atomic mass is 35.5. The molecule has 0 saturated carbocycles. The summed E-state index contributed by atoms with van der Waals surface area (Å²) in [4.78, 5) is 29.5. The average molecular weight is 687 g/mol. The van der Waals surface area contributed by atoms with Crippen molar-refractivity contribution < 1.29 is 18.0 Å². The third kappa shape index (κ3) is 8.58. The van der Waals surface area contributed by atoms with Crippen LogP contribution in [0.2, 0.25) is 15.1 Å². The monoisotopic (exact) mass is 685 g/mol. The van der Waals surface area contributed by atoms with E-state index in [1.54, 1.807) is 56.3 Å². The molecule has 4 aromatic carbocycles. The lowest BCUT2D eigenvalue weighted by Crippen LogP contribution is -2.53. The topological polar surface area (TPSA) is 86.8 Å². The van der Waals surface area contributed by atoms with Crippen molar-refractivity contribution in [3.8, 4) is 0 Å². The molecule has 4 aromatic rings. The molecule has 0 bridgehead atoms. The van der Waals surface area contributed by atoms with Crippen LogP contribution < -0.4 is 9.62 Å². The Morgan fingerprint density at radius 1 is 0.800 bits per heavy atom. The van der Waals surface area contributed by atoms with Gasteiger partial charge in [-0.15, -0.1) is 0 Å². The second kappa shape index (κ2) is 15.1. The van der Waals surface area contributed by atoms with E-state index in [1.807, 2.05) is 37.3 Å². The van der Waals surface area contributed by atoms with Crippen LogP contribution in [0.25, 0.3) is 0 Å². The van der Waals surface area contributed by atoms with Crippen molar-refractivity contribution in [3.63, 3.8) is 0 Å². The molecule has 236 valence electrons. The number of benzene rings is 4. The van der Waals surface area contributed by atoms with E-state index in [1.165, 1.54) is 23.1 Å². The number of hydrogen-bond donors (Lipinski definition) is 1. The molecule has 0 unspecified atom stereocenters. The molecule has 2 amide bonds. The summed E-state index contributed by atoms with van der Waals surface area (Å²) in [5, 5.41) is 3.82. The maximum atomic E-state index is 14.5. The van der Waals surface area contributed by atoms with E-state index in [4.69, 9.17) is 34.8 Å². The van der Waals surface area contributed by atoms with Gasteiger partial charge in [0.1, 0.15) is 12.6 Å². The lowest BCUT2D eigenvalue weighted by Gasteiger charge is -2.34. The average Bonchev–Trinajstić information content (AvgIpc) is 3.01. The number of anilines is 1. The van der Waals surface area contributed by atoms with E-state index >= 15 is 0 Å². The number of rotatable bonds is 12. The van der Waals surface area contributed by atoms with Crippen LogP contribution in [-0.4, -0.2) is 44.3 Å². The van der Waals surface area contributed by atoms with Crippen LogP contribution in [0.3, 0.4) is 0 Å². The van der Waals surface area contributed by atoms with Crippen LogP contribution in [0.4, 0.5) is 5.69 Å². The fraction of sp³-hybridized carbons (Fsp3) is 0.235. The molecule has 0 fully saturated rings. The van der Waals surface area contributed by atoms with Crippen molar-refractivity contribution in [3.05, 3.63) is 128 Å². The first-order valence-corrected chi connectivity index (χ1v) is 16.9. The van der Waals surface area contributed by atoms with Gasteiger partial charge in [0.05, 0.1) is 20.6 Å². The Bertz CT molecular complexity index is 1770. The number of carbonyl (C=O) groups is 2. The van der Waals surface area contributed by atoms with E-state index in [-0.39, 0.29) is 34.5 Å². The summed E-state index contributed by atoms with van der Waals surface area (Å²) >= 11 is 18.9. The molecule has 0 spiro atoms. The minimum Gasteiger partial charge on any atom is -0.355 e. The van der Waals surface area contributed by atoms with Crippen LogP contribution >= 0.6 is 34.8 Å². The normalized spacial score (nSPS) is 12.0. The molecule has 45 heavy (non-hydrogen) atoms. The van der Waals surface area contributed by atoms with Gasteiger partial charge in [-0.05, 0) is 73.9 Å². The molecule has 11 heteroatoms. The van der Waals surface area contributed by atoms with Gasteiger partial charge >= 0.3 is 0 Å². The number of carbonyl (C=O) groups excluding carboxylic acids is 2. The van der Waals surface area contributed by atoms with Crippen molar-refractivity contribution in [2.45, 2.75) is 44.7 Å². The Kier molecular flexibility index (Phi) is 11.6. The number of aryl methyl sites for hydroxylation is 2. The third-order valence-electron chi connectivity index (χ3n) is 7.29. The number of amides is 2. The maximum absolute atomic E-state index is 14.5. The molecule has 0 heterocycles. The molecule has 0 aromatic heterocycles. The van der Waals surface area contributed by atoms with Gasteiger partial charge in [0.2, 0.25) is 11.8 Å². The highest BCUT2D eigenvalue weighted by molar-refractivity contribution is 7.92. The van der Waals surface area contributed by atoms with Crippen molar-refractivity contribution in [1.29, 1.82) is 0 Å². The molecule has 0 radical (unpaired) electrons. The van der Waals surface area contributed by atoms with Gasteiger partial charge in [-0.1, -0.05) is 95.0 Å². The van der Waals surface area contributed by atoms with Crippen molar-refractivity contribution in [2.24, 2.45) is 0 Å². The van der Waals surface area contributed by atoms with Crippen LogP contribution in [0.1, 0.15) is 29.2 Å². The predicted molar refractivity (Wildman–Crippen MR) is 182 cm³/mol. The van der Waals surface area contributed by atoms with E-state index in [0.717, 1.165) is 21.0 Å². The van der Waals surface area contributed by atoms with Gasteiger partial charge in [0.15, 0.2) is 0 Å². The minimum absolute atomic E-state index is 0.0122. The first-order chi connectivity index (χ1) is 21.4. The fourth-order valence-corrected chi connectivity index (χ4v) is 6.69. The van der Waals surface area contributed by atoms with Gasteiger partial charge in [0.25, 0.3) is 10.0 Å². The molecule has 4 rings (SSSR count). The second-order valence-electron chi connectivity index (χ2n) is 10.6. The van der Waals surface area contributed by atoms with E-state index < -0.39 is 28.5 Å². The van der Waals surface area contributed by atoms with Crippen molar-refractivity contribution in [2.75, 3.05) is 17.4 Å². The summed E-state index contributed by atoms with van der Waals surface area (Å²) < 4.78 is 29.3. The molecular formula is C34H34Cl3N3O4S. The summed E-state index contributed by atoms with van der Waals surface area (Å²) in [5.41, 5.74) is 3.29.